The minimum absolute atomic E-state index is 0.0193. The normalized spacial score (nSPS) is 18.3. The summed E-state index contributed by atoms with van der Waals surface area (Å²) in [4.78, 5) is 17.4. The molecule has 2 fully saturated rings. The second-order valence-corrected chi connectivity index (χ2v) is 10.4. The summed E-state index contributed by atoms with van der Waals surface area (Å²) in [5.41, 5.74) is 2.03. The molecule has 7 nitrogen and oxygen atoms in total. The van der Waals surface area contributed by atoms with Crippen molar-refractivity contribution in [1.82, 2.24) is 9.21 Å². The third-order valence-electron chi connectivity index (χ3n) is 5.87. The van der Waals surface area contributed by atoms with Crippen molar-refractivity contribution < 1.29 is 13.2 Å². The van der Waals surface area contributed by atoms with E-state index in [4.69, 9.17) is 11.6 Å². The van der Waals surface area contributed by atoms with Crippen molar-refractivity contribution in [2.45, 2.75) is 17.7 Å². The third kappa shape index (κ3) is 4.87. The Hall–Kier alpha value is -2.13. The van der Waals surface area contributed by atoms with Gasteiger partial charge in [-0.25, -0.2) is 8.42 Å². The first-order valence-electron chi connectivity index (χ1n) is 10.5. The molecule has 2 heterocycles. The molecule has 2 aromatic carbocycles. The lowest BCUT2D eigenvalue weighted by Gasteiger charge is -2.34. The quantitative estimate of drug-likeness (QED) is 0.739. The van der Waals surface area contributed by atoms with Gasteiger partial charge in [0.15, 0.2) is 0 Å². The van der Waals surface area contributed by atoms with Gasteiger partial charge in [-0.3, -0.25) is 4.79 Å². The van der Waals surface area contributed by atoms with Crippen LogP contribution in [-0.4, -0.2) is 69.8 Å². The van der Waals surface area contributed by atoms with E-state index in [1.54, 1.807) is 6.07 Å². The highest BCUT2D eigenvalue weighted by Crippen LogP contribution is 2.28. The van der Waals surface area contributed by atoms with E-state index in [1.165, 1.54) is 16.4 Å². The topological polar surface area (TPSA) is 73.0 Å². The molecule has 31 heavy (non-hydrogen) atoms. The molecule has 0 saturated carbocycles. The predicted molar refractivity (Wildman–Crippen MR) is 124 cm³/mol. The van der Waals surface area contributed by atoms with E-state index in [0.29, 0.717) is 18.8 Å². The number of halogens is 1. The summed E-state index contributed by atoms with van der Waals surface area (Å²) in [5, 5.41) is 2.97. The number of carbonyl (C=O) groups excluding carboxylic acids is 1. The van der Waals surface area contributed by atoms with Crippen molar-refractivity contribution in [3.05, 3.63) is 53.1 Å². The smallest absolute Gasteiger partial charge is 0.255 e. The SMILES string of the molecule is CN1CCN(c2ccc(NC(=O)c3ccc(Cl)c(S(=O)(=O)N4CCCC4)c3)cc2)CC1. The maximum atomic E-state index is 12.9. The molecule has 0 radical (unpaired) electrons. The Balaban J connectivity index is 1.47. The van der Waals surface area contributed by atoms with Crippen molar-refractivity contribution in [2.24, 2.45) is 0 Å². The first-order chi connectivity index (χ1) is 14.8. The highest BCUT2D eigenvalue weighted by molar-refractivity contribution is 7.89. The Kier molecular flexibility index (Phi) is 6.52. The van der Waals surface area contributed by atoms with E-state index in [-0.39, 0.29) is 21.4 Å². The number of likely N-dealkylation sites (N-methyl/N-ethyl adjacent to an activating group) is 1. The van der Waals surface area contributed by atoms with E-state index in [1.807, 2.05) is 24.3 Å². The van der Waals surface area contributed by atoms with Crippen LogP contribution in [0.2, 0.25) is 5.02 Å². The number of nitrogens with one attached hydrogen (secondary N) is 1. The van der Waals surface area contributed by atoms with Crippen LogP contribution in [0.5, 0.6) is 0 Å². The van der Waals surface area contributed by atoms with Gasteiger partial charge in [-0.05, 0) is 62.4 Å². The van der Waals surface area contributed by atoms with Crippen LogP contribution < -0.4 is 10.2 Å². The van der Waals surface area contributed by atoms with Gasteiger partial charge in [0.25, 0.3) is 5.91 Å². The third-order valence-corrected chi connectivity index (χ3v) is 8.25. The Morgan fingerprint density at radius 2 is 1.58 bits per heavy atom. The van der Waals surface area contributed by atoms with E-state index in [9.17, 15) is 13.2 Å². The number of amides is 1. The van der Waals surface area contributed by atoms with Gasteiger partial charge >= 0.3 is 0 Å². The maximum Gasteiger partial charge on any atom is 0.255 e. The Labute approximate surface area is 188 Å². The van der Waals surface area contributed by atoms with Crippen LogP contribution in [-0.2, 0) is 10.0 Å². The van der Waals surface area contributed by atoms with E-state index in [2.05, 4.69) is 22.2 Å². The van der Waals surface area contributed by atoms with Gasteiger partial charge in [0.1, 0.15) is 4.90 Å². The fraction of sp³-hybridized carbons (Fsp3) is 0.409. The second kappa shape index (κ2) is 9.16. The first-order valence-corrected chi connectivity index (χ1v) is 12.3. The van der Waals surface area contributed by atoms with Gasteiger partial charge in [0, 0.05) is 56.2 Å². The summed E-state index contributed by atoms with van der Waals surface area (Å²) in [7, 11) is -1.59. The van der Waals surface area contributed by atoms with Crippen molar-refractivity contribution >= 4 is 38.9 Å². The molecular formula is C22H27ClN4O3S. The molecule has 0 atom stereocenters. The lowest BCUT2D eigenvalue weighted by Crippen LogP contribution is -2.44. The first kappa shape index (κ1) is 22.1. The van der Waals surface area contributed by atoms with Crippen LogP contribution in [0.3, 0.4) is 0 Å². The number of nitrogens with zero attached hydrogens (tertiary/aromatic N) is 3. The number of sulfonamides is 1. The van der Waals surface area contributed by atoms with Crippen molar-refractivity contribution in [3.63, 3.8) is 0 Å². The van der Waals surface area contributed by atoms with Crippen LogP contribution in [0.1, 0.15) is 23.2 Å². The van der Waals surface area contributed by atoms with Crippen molar-refractivity contribution in [3.8, 4) is 0 Å². The standard InChI is InChI=1S/C22H27ClN4O3S/c1-25-12-14-26(15-13-25)19-7-5-18(6-8-19)24-22(28)17-4-9-20(23)21(16-17)31(29,30)27-10-2-3-11-27/h4-9,16H,2-3,10-15H2,1H3,(H,24,28). The van der Waals surface area contributed by atoms with E-state index in [0.717, 1.165) is 44.7 Å². The highest BCUT2D eigenvalue weighted by atomic mass is 35.5. The summed E-state index contributed by atoms with van der Waals surface area (Å²) in [5.74, 6) is -0.373. The number of hydrogen-bond donors (Lipinski definition) is 1. The number of benzene rings is 2. The Morgan fingerprint density at radius 3 is 2.23 bits per heavy atom. The van der Waals surface area contributed by atoms with Crippen molar-refractivity contribution in [1.29, 1.82) is 0 Å². The number of piperazine rings is 1. The van der Waals surface area contributed by atoms with Gasteiger partial charge in [0.2, 0.25) is 10.0 Å². The van der Waals surface area contributed by atoms with Gasteiger partial charge in [0.05, 0.1) is 5.02 Å². The Bertz CT molecular complexity index is 1040. The van der Waals surface area contributed by atoms with Crippen LogP contribution >= 0.6 is 11.6 Å². The number of hydrogen-bond acceptors (Lipinski definition) is 5. The average Bonchev–Trinajstić information content (AvgIpc) is 3.31. The Morgan fingerprint density at radius 1 is 0.935 bits per heavy atom. The van der Waals surface area contributed by atoms with Crippen LogP contribution in [0.25, 0.3) is 0 Å². The summed E-state index contributed by atoms with van der Waals surface area (Å²) >= 11 is 6.18. The molecule has 2 saturated heterocycles. The summed E-state index contributed by atoms with van der Waals surface area (Å²) in [6, 6.07) is 12.1. The zero-order valence-electron chi connectivity index (χ0n) is 17.6. The summed E-state index contributed by atoms with van der Waals surface area (Å²) < 4.78 is 27.2. The predicted octanol–water partition coefficient (Wildman–Crippen LogP) is 3.13. The second-order valence-electron chi connectivity index (χ2n) is 8.05. The van der Waals surface area contributed by atoms with E-state index >= 15 is 0 Å². The zero-order chi connectivity index (χ0) is 22.0. The molecule has 1 N–H and O–H groups in total. The number of anilines is 2. The molecule has 0 aliphatic carbocycles. The van der Waals surface area contributed by atoms with Crippen LogP contribution in [0, 0.1) is 0 Å². The molecule has 0 aromatic heterocycles. The number of carbonyl (C=O) groups is 1. The molecule has 166 valence electrons. The fourth-order valence-electron chi connectivity index (χ4n) is 3.93. The van der Waals surface area contributed by atoms with Gasteiger partial charge in [-0.1, -0.05) is 11.6 Å². The van der Waals surface area contributed by atoms with Crippen LogP contribution in [0.15, 0.2) is 47.4 Å². The zero-order valence-corrected chi connectivity index (χ0v) is 19.1. The largest absolute Gasteiger partial charge is 0.369 e. The molecular weight excluding hydrogens is 436 g/mol. The molecule has 2 aliphatic heterocycles. The molecule has 0 bridgehead atoms. The lowest BCUT2D eigenvalue weighted by atomic mass is 10.2. The highest BCUT2D eigenvalue weighted by Gasteiger charge is 2.29. The average molecular weight is 463 g/mol. The minimum Gasteiger partial charge on any atom is -0.369 e. The number of rotatable bonds is 5. The van der Waals surface area contributed by atoms with Gasteiger partial charge < -0.3 is 15.1 Å². The monoisotopic (exact) mass is 462 g/mol. The molecule has 2 aliphatic rings. The lowest BCUT2D eigenvalue weighted by molar-refractivity contribution is 0.102. The minimum atomic E-state index is -3.71. The van der Waals surface area contributed by atoms with Crippen LogP contribution in [0.4, 0.5) is 11.4 Å². The van der Waals surface area contributed by atoms with Gasteiger partial charge in [-0.15, -0.1) is 0 Å². The molecule has 9 heteroatoms. The van der Waals surface area contributed by atoms with E-state index < -0.39 is 10.0 Å². The maximum absolute atomic E-state index is 12.9. The molecule has 0 unspecified atom stereocenters. The van der Waals surface area contributed by atoms with Crippen molar-refractivity contribution in [2.75, 3.05) is 56.5 Å². The summed E-state index contributed by atoms with van der Waals surface area (Å²) in [6.45, 7) is 4.96. The summed E-state index contributed by atoms with van der Waals surface area (Å²) in [6.07, 6.45) is 1.67. The molecule has 4 rings (SSSR count). The molecule has 2 aromatic rings. The fourth-order valence-corrected chi connectivity index (χ4v) is 5.95. The van der Waals surface area contributed by atoms with Gasteiger partial charge in [-0.2, -0.15) is 4.31 Å². The molecule has 0 spiro atoms. The molecule has 1 amide bonds.